The molecule has 1 saturated heterocycles. The van der Waals surface area contributed by atoms with Crippen LogP contribution in [0.1, 0.15) is 6.92 Å². The van der Waals surface area contributed by atoms with Gasteiger partial charge in [-0.05, 0) is 6.92 Å². The highest BCUT2D eigenvalue weighted by molar-refractivity contribution is 5.69. The lowest BCUT2D eigenvalue weighted by Gasteiger charge is -2.26. The van der Waals surface area contributed by atoms with Crippen LogP contribution in [-0.4, -0.2) is 63.9 Å². The maximum absolute atomic E-state index is 5.64. The molecule has 2 aromatic rings. The van der Waals surface area contributed by atoms with Crippen LogP contribution < -0.4 is 4.74 Å². The molecule has 1 fully saturated rings. The van der Waals surface area contributed by atoms with Crippen molar-refractivity contribution in [1.29, 1.82) is 0 Å². The third kappa shape index (κ3) is 2.88. The Morgan fingerprint density at radius 3 is 2.95 bits per heavy atom. The van der Waals surface area contributed by atoms with E-state index in [1.807, 2.05) is 4.57 Å². The van der Waals surface area contributed by atoms with Gasteiger partial charge in [-0.2, -0.15) is 4.98 Å². The van der Waals surface area contributed by atoms with Gasteiger partial charge in [0.1, 0.15) is 12.1 Å². The zero-order valence-electron chi connectivity index (χ0n) is 11.7. The number of aromatic nitrogens is 4. The lowest BCUT2D eigenvalue weighted by Crippen LogP contribution is -2.38. The van der Waals surface area contributed by atoms with Crippen LogP contribution in [0.5, 0.6) is 6.01 Å². The van der Waals surface area contributed by atoms with Crippen LogP contribution in [-0.2, 0) is 11.3 Å². The van der Waals surface area contributed by atoms with Crippen molar-refractivity contribution >= 4 is 11.2 Å². The van der Waals surface area contributed by atoms with Crippen molar-refractivity contribution in [3.8, 4) is 6.01 Å². The first-order chi connectivity index (χ1) is 9.86. The van der Waals surface area contributed by atoms with E-state index in [1.54, 1.807) is 12.5 Å². The fraction of sp³-hybridized carbons (Fsp3) is 0.615. The Morgan fingerprint density at radius 1 is 1.30 bits per heavy atom. The second-order valence-electron chi connectivity index (χ2n) is 4.69. The van der Waals surface area contributed by atoms with Gasteiger partial charge in [-0.15, -0.1) is 0 Å². The minimum Gasteiger partial charge on any atom is -0.462 e. The molecule has 0 bridgehead atoms. The average Bonchev–Trinajstić information content (AvgIpc) is 2.91. The summed E-state index contributed by atoms with van der Waals surface area (Å²) in [5.74, 6) is 0. The second-order valence-corrected chi connectivity index (χ2v) is 4.69. The van der Waals surface area contributed by atoms with Gasteiger partial charge in [-0.25, -0.2) is 9.97 Å². The van der Waals surface area contributed by atoms with Crippen LogP contribution in [0.15, 0.2) is 12.5 Å². The van der Waals surface area contributed by atoms with Crippen LogP contribution in [0.4, 0.5) is 0 Å². The summed E-state index contributed by atoms with van der Waals surface area (Å²) in [6.45, 7) is 7.89. The van der Waals surface area contributed by atoms with Crippen LogP contribution in [0.25, 0.3) is 11.2 Å². The molecule has 7 nitrogen and oxygen atoms in total. The van der Waals surface area contributed by atoms with E-state index in [4.69, 9.17) is 9.47 Å². The summed E-state index contributed by atoms with van der Waals surface area (Å²) >= 11 is 0. The molecule has 0 amide bonds. The number of fused-ring (bicyclic) bond motifs is 1. The molecule has 0 saturated carbocycles. The number of rotatable bonds is 5. The zero-order valence-corrected chi connectivity index (χ0v) is 11.7. The highest BCUT2D eigenvalue weighted by atomic mass is 16.5. The van der Waals surface area contributed by atoms with Gasteiger partial charge in [-0.1, -0.05) is 0 Å². The highest BCUT2D eigenvalue weighted by Crippen LogP contribution is 2.12. The largest absolute Gasteiger partial charge is 0.462 e. The van der Waals surface area contributed by atoms with Gasteiger partial charge in [0.25, 0.3) is 0 Å². The number of hydrogen-bond acceptors (Lipinski definition) is 6. The SMILES string of the molecule is CCn1cnc2cnc(OCCN3CCOCC3)nc21. The van der Waals surface area contributed by atoms with E-state index in [9.17, 15) is 0 Å². The lowest BCUT2D eigenvalue weighted by atomic mass is 10.4. The molecule has 0 N–H and O–H groups in total. The number of ether oxygens (including phenoxy) is 2. The quantitative estimate of drug-likeness (QED) is 0.795. The van der Waals surface area contributed by atoms with E-state index in [0.717, 1.165) is 50.6 Å². The molecule has 0 spiro atoms. The summed E-state index contributed by atoms with van der Waals surface area (Å²) in [4.78, 5) is 15.2. The molecular weight excluding hydrogens is 258 g/mol. The highest BCUT2D eigenvalue weighted by Gasteiger charge is 2.11. The minimum atomic E-state index is 0.418. The van der Waals surface area contributed by atoms with Crippen LogP contribution in [0, 0.1) is 0 Å². The predicted octanol–water partition coefficient (Wildman–Crippen LogP) is 0.557. The topological polar surface area (TPSA) is 65.3 Å². The Morgan fingerprint density at radius 2 is 2.15 bits per heavy atom. The molecular formula is C13H19N5O2. The van der Waals surface area contributed by atoms with Crippen molar-refractivity contribution in [2.45, 2.75) is 13.5 Å². The first kappa shape index (κ1) is 13.3. The molecule has 0 aromatic carbocycles. The summed E-state index contributed by atoms with van der Waals surface area (Å²) in [6.07, 6.45) is 3.48. The van der Waals surface area contributed by atoms with Crippen molar-refractivity contribution < 1.29 is 9.47 Å². The lowest BCUT2D eigenvalue weighted by molar-refractivity contribution is 0.0317. The molecule has 2 aromatic heterocycles. The van der Waals surface area contributed by atoms with Crippen LogP contribution in [0.3, 0.4) is 0 Å². The maximum Gasteiger partial charge on any atom is 0.318 e. The number of nitrogens with zero attached hydrogens (tertiary/aromatic N) is 5. The van der Waals surface area contributed by atoms with Crippen molar-refractivity contribution in [2.24, 2.45) is 0 Å². The normalized spacial score (nSPS) is 16.6. The molecule has 0 atom stereocenters. The van der Waals surface area contributed by atoms with Gasteiger partial charge in [0.05, 0.1) is 25.7 Å². The van der Waals surface area contributed by atoms with Crippen molar-refractivity contribution in [3.63, 3.8) is 0 Å². The Labute approximate surface area is 117 Å². The summed E-state index contributed by atoms with van der Waals surface area (Å²) in [6, 6.07) is 0.418. The summed E-state index contributed by atoms with van der Waals surface area (Å²) < 4.78 is 12.9. The van der Waals surface area contributed by atoms with E-state index < -0.39 is 0 Å². The number of morpholine rings is 1. The summed E-state index contributed by atoms with van der Waals surface area (Å²) in [5.41, 5.74) is 1.62. The first-order valence-electron chi connectivity index (χ1n) is 6.97. The van der Waals surface area contributed by atoms with Gasteiger partial charge < -0.3 is 14.0 Å². The van der Waals surface area contributed by atoms with E-state index in [2.05, 4.69) is 26.8 Å². The maximum atomic E-state index is 5.64. The number of hydrogen-bond donors (Lipinski definition) is 0. The molecule has 0 unspecified atom stereocenters. The van der Waals surface area contributed by atoms with Crippen LogP contribution in [0.2, 0.25) is 0 Å². The summed E-state index contributed by atoms with van der Waals surface area (Å²) in [7, 11) is 0. The average molecular weight is 277 g/mol. The molecule has 20 heavy (non-hydrogen) atoms. The molecule has 7 heteroatoms. The summed E-state index contributed by atoms with van der Waals surface area (Å²) in [5, 5.41) is 0. The van der Waals surface area contributed by atoms with Gasteiger partial charge in [-0.3, -0.25) is 4.90 Å². The number of aryl methyl sites for hydroxylation is 1. The molecule has 0 radical (unpaired) electrons. The molecule has 3 heterocycles. The smallest absolute Gasteiger partial charge is 0.318 e. The second kappa shape index (κ2) is 6.15. The molecule has 1 aliphatic rings. The fourth-order valence-electron chi connectivity index (χ4n) is 2.23. The van der Waals surface area contributed by atoms with E-state index in [-0.39, 0.29) is 0 Å². The van der Waals surface area contributed by atoms with Gasteiger partial charge >= 0.3 is 6.01 Å². The molecule has 3 rings (SSSR count). The van der Waals surface area contributed by atoms with Crippen molar-refractivity contribution in [1.82, 2.24) is 24.4 Å². The third-order valence-electron chi connectivity index (χ3n) is 3.42. The Bertz CT molecular complexity index is 565. The minimum absolute atomic E-state index is 0.418. The van der Waals surface area contributed by atoms with Gasteiger partial charge in [0.15, 0.2) is 5.65 Å². The predicted molar refractivity (Wildman–Crippen MR) is 73.8 cm³/mol. The van der Waals surface area contributed by atoms with Crippen molar-refractivity contribution in [3.05, 3.63) is 12.5 Å². The van der Waals surface area contributed by atoms with Crippen LogP contribution >= 0.6 is 0 Å². The molecule has 0 aliphatic carbocycles. The Hall–Kier alpha value is -1.73. The first-order valence-corrected chi connectivity index (χ1v) is 6.97. The fourth-order valence-corrected chi connectivity index (χ4v) is 2.23. The van der Waals surface area contributed by atoms with E-state index >= 15 is 0 Å². The zero-order chi connectivity index (χ0) is 13.8. The van der Waals surface area contributed by atoms with E-state index in [1.165, 1.54) is 0 Å². The third-order valence-corrected chi connectivity index (χ3v) is 3.42. The number of imidazole rings is 1. The molecule has 108 valence electrons. The Kier molecular flexibility index (Phi) is 4.08. The van der Waals surface area contributed by atoms with Gasteiger partial charge in [0.2, 0.25) is 0 Å². The van der Waals surface area contributed by atoms with E-state index in [0.29, 0.717) is 12.6 Å². The monoisotopic (exact) mass is 277 g/mol. The molecule has 1 aliphatic heterocycles. The van der Waals surface area contributed by atoms with Gasteiger partial charge in [0, 0.05) is 26.2 Å². The standard InChI is InChI=1S/C13H19N5O2/c1-2-18-10-15-11-9-14-13(16-12(11)18)20-8-5-17-3-6-19-7-4-17/h9-10H,2-8H2,1H3. The Balaban J connectivity index is 1.59. The van der Waals surface area contributed by atoms with Crippen molar-refractivity contribution in [2.75, 3.05) is 39.5 Å².